The summed E-state index contributed by atoms with van der Waals surface area (Å²) >= 11 is 0. The van der Waals surface area contributed by atoms with E-state index >= 15 is 0 Å². The molecule has 0 aliphatic carbocycles. The van der Waals surface area contributed by atoms with Gasteiger partial charge in [0.25, 0.3) is 0 Å². The molecule has 0 aromatic carbocycles. The van der Waals surface area contributed by atoms with E-state index in [0.29, 0.717) is 23.8 Å². The van der Waals surface area contributed by atoms with E-state index in [4.69, 9.17) is 0 Å². The zero-order chi connectivity index (χ0) is 13.9. The van der Waals surface area contributed by atoms with Gasteiger partial charge in [0.15, 0.2) is 0 Å². The second-order valence-corrected chi connectivity index (χ2v) is 6.31. The average Bonchev–Trinajstić information content (AvgIpc) is 2.66. The van der Waals surface area contributed by atoms with Crippen LogP contribution in [0.2, 0.25) is 0 Å². The van der Waals surface area contributed by atoms with Crippen LogP contribution in [0.1, 0.15) is 53.9 Å². The van der Waals surface area contributed by atoms with Gasteiger partial charge in [0.05, 0.1) is 0 Å². The smallest absolute Gasteiger partial charge is 0.0323 e. The number of hydrogen-bond acceptors (Lipinski definition) is 1. The molecule has 1 fully saturated rings. The molecule has 1 aliphatic rings. The van der Waals surface area contributed by atoms with Crippen LogP contribution in [-0.2, 0) is 0 Å². The van der Waals surface area contributed by atoms with Gasteiger partial charge < -0.3 is 4.90 Å². The monoisotopic (exact) mass is 249 g/mol. The van der Waals surface area contributed by atoms with Crippen molar-refractivity contribution in [2.45, 2.75) is 59.9 Å². The quantitative estimate of drug-likeness (QED) is 0.608. The molecule has 3 atom stereocenters. The summed E-state index contributed by atoms with van der Waals surface area (Å²) in [5.74, 6) is 2.00. The zero-order valence-corrected chi connectivity index (χ0v) is 13.0. The lowest BCUT2D eigenvalue weighted by Gasteiger charge is -2.35. The van der Waals surface area contributed by atoms with E-state index < -0.39 is 0 Å². The number of hydrogen-bond donors (Lipinski definition) is 0. The number of likely N-dealkylation sites (tertiary alicyclic amines) is 1. The predicted molar refractivity (Wildman–Crippen MR) is 81.5 cm³/mol. The maximum absolute atomic E-state index is 4.36. The van der Waals surface area contributed by atoms with Gasteiger partial charge in [0.1, 0.15) is 0 Å². The molecule has 1 aliphatic heterocycles. The Labute approximate surface area is 114 Å². The molecule has 1 rings (SSSR count). The van der Waals surface area contributed by atoms with Gasteiger partial charge in [0, 0.05) is 24.2 Å². The van der Waals surface area contributed by atoms with Gasteiger partial charge in [-0.25, -0.2) is 0 Å². The summed E-state index contributed by atoms with van der Waals surface area (Å²) in [5.41, 5.74) is 2.69. The van der Waals surface area contributed by atoms with Crippen LogP contribution in [0.3, 0.4) is 0 Å². The van der Waals surface area contributed by atoms with E-state index in [1.165, 1.54) is 37.1 Å². The van der Waals surface area contributed by atoms with E-state index in [-0.39, 0.29) is 0 Å². The second-order valence-electron chi connectivity index (χ2n) is 6.31. The van der Waals surface area contributed by atoms with E-state index in [0.717, 1.165) is 0 Å². The fourth-order valence-electron chi connectivity index (χ4n) is 3.41. The summed E-state index contributed by atoms with van der Waals surface area (Å²) < 4.78 is 0. The van der Waals surface area contributed by atoms with Crippen molar-refractivity contribution < 1.29 is 0 Å². The standard InChI is InChI=1S/C17H31N/c1-8-9-16(12(2)3)14(6)18-11-10-17(13(4)5)15(18)7/h13-14,16-17H,2,7-11H2,1,3-6H3. The Balaban J connectivity index is 2.75. The Morgan fingerprint density at radius 1 is 1.39 bits per heavy atom. The lowest BCUT2D eigenvalue weighted by Crippen LogP contribution is -2.36. The molecule has 0 saturated carbocycles. The Morgan fingerprint density at radius 3 is 2.39 bits per heavy atom. The van der Waals surface area contributed by atoms with Crippen LogP contribution in [0.15, 0.2) is 24.4 Å². The molecule has 0 aromatic rings. The van der Waals surface area contributed by atoms with Gasteiger partial charge in [-0.1, -0.05) is 45.9 Å². The van der Waals surface area contributed by atoms with Crippen LogP contribution in [-0.4, -0.2) is 17.5 Å². The first kappa shape index (κ1) is 15.3. The highest BCUT2D eigenvalue weighted by molar-refractivity contribution is 5.12. The van der Waals surface area contributed by atoms with Crippen molar-refractivity contribution in [1.82, 2.24) is 4.90 Å². The van der Waals surface area contributed by atoms with Gasteiger partial charge in [-0.05, 0) is 38.5 Å². The Morgan fingerprint density at radius 2 is 2.00 bits per heavy atom. The summed E-state index contributed by atoms with van der Waals surface area (Å²) in [7, 11) is 0. The highest BCUT2D eigenvalue weighted by Gasteiger charge is 2.33. The molecule has 0 radical (unpaired) electrons. The molecular weight excluding hydrogens is 218 g/mol. The summed E-state index contributed by atoms with van der Waals surface area (Å²) in [6, 6.07) is 0.554. The Kier molecular flexibility index (Phi) is 5.49. The minimum absolute atomic E-state index is 0.554. The van der Waals surface area contributed by atoms with Crippen LogP contribution in [0.25, 0.3) is 0 Å². The van der Waals surface area contributed by atoms with Crippen molar-refractivity contribution in [2.24, 2.45) is 17.8 Å². The van der Waals surface area contributed by atoms with Crippen LogP contribution in [0, 0.1) is 17.8 Å². The van der Waals surface area contributed by atoms with Crippen molar-refractivity contribution in [3.05, 3.63) is 24.4 Å². The van der Waals surface area contributed by atoms with Crippen molar-refractivity contribution >= 4 is 0 Å². The van der Waals surface area contributed by atoms with Crippen LogP contribution < -0.4 is 0 Å². The topological polar surface area (TPSA) is 3.24 Å². The minimum Gasteiger partial charge on any atom is -0.372 e. The first-order chi connectivity index (χ1) is 8.40. The highest BCUT2D eigenvalue weighted by atomic mass is 15.2. The fraction of sp³-hybridized carbons (Fsp3) is 0.765. The van der Waals surface area contributed by atoms with Gasteiger partial charge in [-0.3, -0.25) is 0 Å². The molecule has 104 valence electrons. The van der Waals surface area contributed by atoms with Gasteiger partial charge in [0.2, 0.25) is 0 Å². The second kappa shape index (κ2) is 6.45. The first-order valence-corrected chi connectivity index (χ1v) is 7.50. The lowest BCUT2D eigenvalue weighted by molar-refractivity contribution is 0.230. The molecule has 18 heavy (non-hydrogen) atoms. The van der Waals surface area contributed by atoms with Gasteiger partial charge >= 0.3 is 0 Å². The van der Waals surface area contributed by atoms with Crippen molar-refractivity contribution in [2.75, 3.05) is 6.54 Å². The van der Waals surface area contributed by atoms with Crippen LogP contribution >= 0.6 is 0 Å². The van der Waals surface area contributed by atoms with Crippen molar-refractivity contribution in [3.8, 4) is 0 Å². The van der Waals surface area contributed by atoms with E-state index in [2.05, 4.69) is 52.7 Å². The Bertz CT molecular complexity index is 303. The third kappa shape index (κ3) is 3.18. The number of allylic oxidation sites excluding steroid dienone is 1. The third-order valence-electron chi connectivity index (χ3n) is 4.59. The number of nitrogens with zero attached hydrogens (tertiary/aromatic N) is 1. The summed E-state index contributed by atoms with van der Waals surface area (Å²) in [4.78, 5) is 2.54. The van der Waals surface area contributed by atoms with Gasteiger partial charge in [-0.2, -0.15) is 0 Å². The normalized spacial score (nSPS) is 23.6. The molecule has 3 unspecified atom stereocenters. The van der Waals surface area contributed by atoms with Crippen molar-refractivity contribution in [1.29, 1.82) is 0 Å². The predicted octanol–water partition coefficient (Wildman–Crippen LogP) is 4.86. The molecule has 1 heteroatoms. The zero-order valence-electron chi connectivity index (χ0n) is 13.0. The largest absolute Gasteiger partial charge is 0.372 e. The minimum atomic E-state index is 0.554. The molecule has 0 bridgehead atoms. The first-order valence-electron chi connectivity index (χ1n) is 7.50. The SMILES string of the molecule is C=C(C)C(CCC)C(C)N1CCC(C(C)C)C1=C. The molecule has 0 spiro atoms. The molecule has 1 nitrogen and oxygen atoms in total. The fourth-order valence-corrected chi connectivity index (χ4v) is 3.41. The maximum Gasteiger partial charge on any atom is 0.0323 e. The van der Waals surface area contributed by atoms with Crippen LogP contribution in [0.4, 0.5) is 0 Å². The maximum atomic E-state index is 4.36. The summed E-state index contributed by atoms with van der Waals surface area (Å²) in [6.45, 7) is 21.1. The summed E-state index contributed by atoms with van der Waals surface area (Å²) in [6.07, 6.45) is 3.75. The number of rotatable bonds is 6. The summed E-state index contributed by atoms with van der Waals surface area (Å²) in [5, 5.41) is 0. The third-order valence-corrected chi connectivity index (χ3v) is 4.59. The van der Waals surface area contributed by atoms with Crippen LogP contribution in [0.5, 0.6) is 0 Å². The van der Waals surface area contributed by atoms with Gasteiger partial charge in [-0.15, -0.1) is 0 Å². The average molecular weight is 249 g/mol. The van der Waals surface area contributed by atoms with Crippen molar-refractivity contribution in [3.63, 3.8) is 0 Å². The Hall–Kier alpha value is -0.720. The lowest BCUT2D eigenvalue weighted by atomic mass is 9.88. The highest BCUT2D eigenvalue weighted by Crippen LogP contribution is 2.37. The van der Waals surface area contributed by atoms with E-state index in [9.17, 15) is 0 Å². The molecule has 0 aromatic heterocycles. The van der Waals surface area contributed by atoms with E-state index in [1.807, 2.05) is 0 Å². The molecule has 0 amide bonds. The molecular formula is C17H31N. The molecule has 1 heterocycles. The van der Waals surface area contributed by atoms with E-state index in [1.54, 1.807) is 0 Å². The molecule has 0 N–H and O–H groups in total. The molecule has 1 saturated heterocycles.